The maximum absolute atomic E-state index is 11.6. The smallest absolute Gasteiger partial charge is 0.407 e. The number of thioether (sulfide) groups is 1. The molecule has 0 fully saturated rings. The lowest BCUT2D eigenvalue weighted by Crippen LogP contribution is -2.45. The van der Waals surface area contributed by atoms with Crippen molar-refractivity contribution in [3.8, 4) is 0 Å². The molecule has 6 heteroatoms. The summed E-state index contributed by atoms with van der Waals surface area (Å²) in [5.74, 6) is -0.281. The highest BCUT2D eigenvalue weighted by Crippen LogP contribution is 2.55. The summed E-state index contributed by atoms with van der Waals surface area (Å²) in [4.78, 5) is 23.1. The molecule has 0 aliphatic carbocycles. The van der Waals surface area contributed by atoms with E-state index in [2.05, 4.69) is 38.2 Å². The van der Waals surface area contributed by atoms with Crippen LogP contribution in [0.3, 0.4) is 0 Å². The molecule has 1 amide bonds. The van der Waals surface area contributed by atoms with Crippen molar-refractivity contribution in [2.24, 2.45) is 0 Å². The van der Waals surface area contributed by atoms with Crippen LogP contribution in [0.2, 0.25) is 0 Å². The van der Waals surface area contributed by atoms with Gasteiger partial charge >= 0.3 is 12.1 Å². The first-order valence-corrected chi connectivity index (χ1v) is 9.44. The highest BCUT2D eigenvalue weighted by Gasteiger charge is 2.48. The van der Waals surface area contributed by atoms with Gasteiger partial charge in [-0.3, -0.25) is 4.79 Å². The van der Waals surface area contributed by atoms with Crippen LogP contribution in [0.15, 0.2) is 24.3 Å². The van der Waals surface area contributed by atoms with E-state index in [0.29, 0.717) is 19.6 Å². The summed E-state index contributed by atoms with van der Waals surface area (Å²) in [5, 5.41) is 2.78. The Kier molecular flexibility index (Phi) is 6.03. The summed E-state index contributed by atoms with van der Waals surface area (Å²) in [7, 11) is 0. The van der Waals surface area contributed by atoms with Gasteiger partial charge in [0.05, 0.1) is 6.61 Å². The molecule has 0 radical (unpaired) electrons. The van der Waals surface area contributed by atoms with Gasteiger partial charge in [0.2, 0.25) is 0 Å². The molecule has 1 aromatic rings. The van der Waals surface area contributed by atoms with E-state index in [-0.39, 0.29) is 21.6 Å². The number of nitrogens with one attached hydrogen (secondary N) is 1. The van der Waals surface area contributed by atoms with E-state index >= 15 is 0 Å². The zero-order chi connectivity index (χ0) is 18.7. The van der Waals surface area contributed by atoms with Crippen LogP contribution in [0, 0.1) is 0 Å². The second-order valence-electron chi connectivity index (χ2n) is 6.95. The minimum atomic E-state index is -0.405. The first-order valence-electron chi connectivity index (χ1n) is 8.56. The maximum atomic E-state index is 11.6. The predicted molar refractivity (Wildman–Crippen MR) is 99.6 cm³/mol. The third-order valence-electron chi connectivity index (χ3n) is 4.57. The van der Waals surface area contributed by atoms with Gasteiger partial charge in [-0.1, -0.05) is 38.1 Å². The van der Waals surface area contributed by atoms with Crippen LogP contribution in [-0.2, 0) is 24.4 Å². The summed E-state index contributed by atoms with van der Waals surface area (Å²) < 4.78 is 10.3. The minimum absolute atomic E-state index is 0.272. The molecule has 0 aromatic heterocycles. The van der Waals surface area contributed by atoms with Crippen LogP contribution < -0.4 is 5.32 Å². The fraction of sp³-hybridized carbons (Fsp3) is 0.579. The summed E-state index contributed by atoms with van der Waals surface area (Å²) in [5.41, 5.74) is 1.83. The average Bonchev–Trinajstić information content (AvgIpc) is 2.53. The summed E-state index contributed by atoms with van der Waals surface area (Å²) in [6, 6.07) is 8.26. The number of alkyl carbamates (subject to hydrolysis) is 1. The van der Waals surface area contributed by atoms with Gasteiger partial charge in [-0.2, -0.15) is 0 Å². The number of ether oxygens (including phenoxy) is 2. The Labute approximate surface area is 153 Å². The van der Waals surface area contributed by atoms with E-state index in [1.807, 2.05) is 12.1 Å². The van der Waals surface area contributed by atoms with Crippen LogP contribution in [-0.4, -0.2) is 30.7 Å². The van der Waals surface area contributed by atoms with E-state index in [4.69, 9.17) is 9.47 Å². The number of hydrogen-bond donors (Lipinski definition) is 1. The quantitative estimate of drug-likeness (QED) is 0.801. The fourth-order valence-corrected chi connectivity index (χ4v) is 4.78. The lowest BCUT2D eigenvalue weighted by Gasteiger charge is -2.47. The molecular weight excluding hydrogens is 338 g/mol. The molecule has 0 saturated heterocycles. The van der Waals surface area contributed by atoms with Gasteiger partial charge in [0.15, 0.2) is 5.44 Å². The number of carbonyl (C=O) groups is 2. The van der Waals surface area contributed by atoms with E-state index in [1.165, 1.54) is 18.1 Å². The number of hydrogen-bond acceptors (Lipinski definition) is 5. The van der Waals surface area contributed by atoms with Gasteiger partial charge in [-0.25, -0.2) is 4.79 Å². The second-order valence-corrected chi connectivity index (χ2v) is 8.52. The van der Waals surface area contributed by atoms with Crippen molar-refractivity contribution in [1.29, 1.82) is 0 Å². The molecule has 25 heavy (non-hydrogen) atoms. The number of carbonyl (C=O) groups excluding carboxylic acids is 2. The van der Waals surface area contributed by atoms with Crippen molar-refractivity contribution in [2.75, 3.05) is 13.2 Å². The molecule has 0 saturated carbocycles. The molecule has 5 nitrogen and oxygen atoms in total. The van der Waals surface area contributed by atoms with Crippen molar-refractivity contribution in [1.82, 2.24) is 5.32 Å². The third-order valence-corrected chi connectivity index (χ3v) is 6.41. The molecule has 1 aliphatic rings. The number of amides is 1. The zero-order valence-corrected chi connectivity index (χ0v) is 16.4. The molecule has 0 spiro atoms. The molecule has 2 rings (SSSR count). The van der Waals surface area contributed by atoms with E-state index in [9.17, 15) is 9.59 Å². The Hall–Kier alpha value is -1.69. The molecule has 0 bridgehead atoms. The van der Waals surface area contributed by atoms with E-state index < -0.39 is 6.09 Å². The minimum Gasteiger partial charge on any atom is -0.450 e. The number of fused-ring (bicyclic) bond motifs is 1. The largest absolute Gasteiger partial charge is 0.450 e. The number of benzene rings is 1. The standard InChI is InChI=1S/C19H27NO4S/c1-6-23-17(22)20-12-11-19(5)15-10-8-7-9-14(15)18(3,4)16(25-19)24-13(2)21/h7-10,16H,6,11-12H2,1-5H3,(H,20,22). The molecule has 1 heterocycles. The van der Waals surface area contributed by atoms with Gasteiger partial charge in [-0.15, -0.1) is 11.8 Å². The van der Waals surface area contributed by atoms with Crippen LogP contribution in [0.1, 0.15) is 52.2 Å². The topological polar surface area (TPSA) is 64.6 Å². The van der Waals surface area contributed by atoms with Gasteiger partial charge in [0.1, 0.15) is 0 Å². The van der Waals surface area contributed by atoms with Crippen LogP contribution in [0.25, 0.3) is 0 Å². The van der Waals surface area contributed by atoms with Crippen molar-refractivity contribution < 1.29 is 19.1 Å². The maximum Gasteiger partial charge on any atom is 0.407 e. The zero-order valence-electron chi connectivity index (χ0n) is 15.5. The van der Waals surface area contributed by atoms with Crippen molar-refractivity contribution in [2.45, 2.75) is 56.6 Å². The lowest BCUT2D eigenvalue weighted by molar-refractivity contribution is -0.144. The normalized spacial score (nSPS) is 24.1. The van der Waals surface area contributed by atoms with Crippen LogP contribution >= 0.6 is 11.8 Å². The first kappa shape index (κ1) is 19.6. The van der Waals surface area contributed by atoms with E-state index in [1.54, 1.807) is 18.7 Å². The van der Waals surface area contributed by atoms with Crippen LogP contribution in [0.5, 0.6) is 0 Å². The highest BCUT2D eigenvalue weighted by molar-refractivity contribution is 8.00. The fourth-order valence-electron chi connectivity index (χ4n) is 3.18. The lowest BCUT2D eigenvalue weighted by atomic mass is 9.77. The van der Waals surface area contributed by atoms with Gasteiger partial charge in [0.25, 0.3) is 0 Å². The number of esters is 1. The summed E-state index contributed by atoms with van der Waals surface area (Å²) in [6.07, 6.45) is 0.304. The van der Waals surface area contributed by atoms with Crippen molar-refractivity contribution >= 4 is 23.8 Å². The summed E-state index contributed by atoms with van der Waals surface area (Å²) >= 11 is 1.64. The van der Waals surface area contributed by atoms with Crippen molar-refractivity contribution in [3.63, 3.8) is 0 Å². The predicted octanol–water partition coefficient (Wildman–Crippen LogP) is 3.95. The highest BCUT2D eigenvalue weighted by atomic mass is 32.2. The molecule has 1 aromatic carbocycles. The average molecular weight is 365 g/mol. The van der Waals surface area contributed by atoms with E-state index in [0.717, 1.165) is 0 Å². The molecule has 138 valence electrons. The Bertz CT molecular complexity index is 646. The number of rotatable bonds is 5. The van der Waals surface area contributed by atoms with Crippen molar-refractivity contribution in [3.05, 3.63) is 35.4 Å². The Morgan fingerprint density at radius 1 is 1.20 bits per heavy atom. The second kappa shape index (κ2) is 7.68. The monoisotopic (exact) mass is 365 g/mol. The summed E-state index contributed by atoms with van der Waals surface area (Å²) in [6.45, 7) is 10.4. The van der Waals surface area contributed by atoms with Gasteiger partial charge < -0.3 is 14.8 Å². The molecule has 2 atom stereocenters. The SMILES string of the molecule is CCOC(=O)NCCC1(C)SC(OC(C)=O)C(C)(C)c2ccccc21. The van der Waals surface area contributed by atoms with Gasteiger partial charge in [0, 0.05) is 23.6 Å². The molecular formula is C19H27NO4S. The third kappa shape index (κ3) is 4.29. The Balaban J connectivity index is 2.27. The van der Waals surface area contributed by atoms with Gasteiger partial charge in [-0.05, 0) is 31.4 Å². The Morgan fingerprint density at radius 2 is 1.84 bits per heavy atom. The molecule has 2 unspecified atom stereocenters. The molecule has 1 aliphatic heterocycles. The Morgan fingerprint density at radius 3 is 2.44 bits per heavy atom. The first-order chi connectivity index (χ1) is 11.7. The molecule has 1 N–H and O–H groups in total. The van der Waals surface area contributed by atoms with Crippen LogP contribution in [0.4, 0.5) is 4.79 Å².